The fraction of sp³-hybridized carbons (Fsp3) is 0.733. The third-order valence-corrected chi connectivity index (χ3v) is 3.73. The highest BCUT2D eigenvalue weighted by Gasteiger charge is 2.28. The van der Waals surface area contributed by atoms with Crippen molar-refractivity contribution in [2.24, 2.45) is 11.8 Å². The Kier molecular flexibility index (Phi) is 5.17. The number of amides is 1. The Bertz CT molecular complexity index is 442. The Labute approximate surface area is 120 Å². The molecule has 2 heterocycles. The molecule has 0 spiro atoms. The first kappa shape index (κ1) is 15.0. The van der Waals surface area contributed by atoms with Crippen LogP contribution in [-0.4, -0.2) is 28.2 Å². The van der Waals surface area contributed by atoms with Gasteiger partial charge in [0.2, 0.25) is 5.91 Å². The third-order valence-electron chi connectivity index (χ3n) is 3.73. The minimum Gasteiger partial charge on any atom is -0.378 e. The Hall–Kier alpha value is -1.36. The first-order chi connectivity index (χ1) is 9.58. The van der Waals surface area contributed by atoms with Crippen molar-refractivity contribution in [2.75, 3.05) is 6.61 Å². The maximum Gasteiger partial charge on any atom is 0.226 e. The van der Waals surface area contributed by atoms with Crippen LogP contribution in [0.1, 0.15) is 39.4 Å². The number of nitrogens with zero attached hydrogens (tertiary/aromatic N) is 2. The number of imidazole rings is 1. The molecule has 2 atom stereocenters. The molecule has 20 heavy (non-hydrogen) atoms. The van der Waals surface area contributed by atoms with E-state index in [0.29, 0.717) is 12.5 Å². The molecule has 1 aliphatic rings. The smallest absolute Gasteiger partial charge is 0.226 e. The molecule has 1 fully saturated rings. The molecule has 5 nitrogen and oxygen atoms in total. The van der Waals surface area contributed by atoms with Crippen LogP contribution in [-0.2, 0) is 22.6 Å². The molecule has 1 aromatic heterocycles. The molecular formula is C15H25N3O2. The van der Waals surface area contributed by atoms with Gasteiger partial charge in [0.05, 0.1) is 18.6 Å². The van der Waals surface area contributed by atoms with Crippen molar-refractivity contribution in [3.63, 3.8) is 0 Å². The van der Waals surface area contributed by atoms with E-state index in [0.717, 1.165) is 31.8 Å². The lowest BCUT2D eigenvalue weighted by Gasteiger charge is -2.28. The summed E-state index contributed by atoms with van der Waals surface area (Å²) in [4.78, 5) is 16.5. The molecule has 1 N–H and O–H groups in total. The molecular weight excluding hydrogens is 254 g/mol. The molecule has 0 aliphatic carbocycles. The summed E-state index contributed by atoms with van der Waals surface area (Å²) in [7, 11) is 0. The monoisotopic (exact) mass is 279 g/mol. The topological polar surface area (TPSA) is 56.2 Å². The van der Waals surface area contributed by atoms with Gasteiger partial charge in [0.1, 0.15) is 5.82 Å². The highest BCUT2D eigenvalue weighted by molar-refractivity contribution is 5.79. The summed E-state index contributed by atoms with van der Waals surface area (Å²) in [5, 5.41) is 3.00. The largest absolute Gasteiger partial charge is 0.378 e. The van der Waals surface area contributed by atoms with E-state index in [2.05, 4.69) is 28.7 Å². The fourth-order valence-electron chi connectivity index (χ4n) is 2.63. The molecule has 112 valence electrons. The van der Waals surface area contributed by atoms with Gasteiger partial charge in [-0.25, -0.2) is 4.98 Å². The van der Waals surface area contributed by atoms with Crippen LogP contribution >= 0.6 is 0 Å². The summed E-state index contributed by atoms with van der Waals surface area (Å²) in [5.74, 6) is 1.52. The van der Waals surface area contributed by atoms with Crippen molar-refractivity contribution in [1.29, 1.82) is 0 Å². The molecule has 0 bridgehead atoms. The van der Waals surface area contributed by atoms with Crippen molar-refractivity contribution in [1.82, 2.24) is 14.9 Å². The van der Waals surface area contributed by atoms with Gasteiger partial charge >= 0.3 is 0 Å². The lowest BCUT2D eigenvalue weighted by molar-refractivity contribution is -0.133. The Balaban J connectivity index is 1.88. The van der Waals surface area contributed by atoms with E-state index in [9.17, 15) is 4.79 Å². The van der Waals surface area contributed by atoms with Gasteiger partial charge < -0.3 is 14.6 Å². The fourth-order valence-corrected chi connectivity index (χ4v) is 2.63. The van der Waals surface area contributed by atoms with Gasteiger partial charge in [-0.1, -0.05) is 13.8 Å². The van der Waals surface area contributed by atoms with Crippen LogP contribution in [0.5, 0.6) is 0 Å². The zero-order valence-corrected chi connectivity index (χ0v) is 12.6. The van der Waals surface area contributed by atoms with Crippen LogP contribution in [0.4, 0.5) is 0 Å². The predicted molar refractivity (Wildman–Crippen MR) is 77.0 cm³/mol. The van der Waals surface area contributed by atoms with E-state index in [1.165, 1.54) is 0 Å². The van der Waals surface area contributed by atoms with Gasteiger partial charge in [-0.15, -0.1) is 0 Å². The standard InChI is InChI=1S/C15H25N3O2/c1-11(2)10-18-7-6-16-14(18)9-17-15(19)13-5-4-8-20-12(13)3/h6-7,11-13H,4-5,8-10H2,1-3H3,(H,17,19)/t12-,13-/m0/s1. The van der Waals surface area contributed by atoms with Gasteiger partial charge in [0.25, 0.3) is 0 Å². The van der Waals surface area contributed by atoms with Crippen molar-refractivity contribution in [3.05, 3.63) is 18.2 Å². The first-order valence-corrected chi connectivity index (χ1v) is 7.47. The molecule has 1 aromatic rings. The Morgan fingerprint density at radius 1 is 1.60 bits per heavy atom. The minimum absolute atomic E-state index is 0.0131. The van der Waals surface area contributed by atoms with E-state index in [1.807, 2.05) is 13.1 Å². The second kappa shape index (κ2) is 6.88. The highest BCUT2D eigenvalue weighted by atomic mass is 16.5. The summed E-state index contributed by atoms with van der Waals surface area (Å²) in [6.07, 6.45) is 5.64. The van der Waals surface area contributed by atoms with Crippen molar-refractivity contribution in [3.8, 4) is 0 Å². The summed E-state index contributed by atoms with van der Waals surface area (Å²) in [6.45, 7) is 8.50. The van der Waals surface area contributed by atoms with Crippen molar-refractivity contribution >= 4 is 5.91 Å². The van der Waals surface area contributed by atoms with Crippen LogP contribution in [0.3, 0.4) is 0 Å². The normalized spacial score (nSPS) is 23.0. The molecule has 1 amide bonds. The van der Waals surface area contributed by atoms with Crippen molar-refractivity contribution in [2.45, 2.75) is 52.8 Å². The van der Waals surface area contributed by atoms with Crippen LogP contribution in [0.15, 0.2) is 12.4 Å². The highest BCUT2D eigenvalue weighted by Crippen LogP contribution is 2.20. The average molecular weight is 279 g/mol. The molecule has 1 aliphatic heterocycles. The number of aromatic nitrogens is 2. The maximum atomic E-state index is 12.2. The van der Waals surface area contributed by atoms with E-state index in [-0.39, 0.29) is 17.9 Å². The maximum absolute atomic E-state index is 12.2. The summed E-state index contributed by atoms with van der Waals surface area (Å²) in [5.41, 5.74) is 0. The van der Waals surface area contributed by atoms with E-state index >= 15 is 0 Å². The lowest BCUT2D eigenvalue weighted by atomic mass is 9.94. The molecule has 2 rings (SSSR count). The zero-order valence-electron chi connectivity index (χ0n) is 12.6. The number of ether oxygens (including phenoxy) is 1. The van der Waals surface area contributed by atoms with Crippen molar-refractivity contribution < 1.29 is 9.53 Å². The SMILES string of the molecule is CC(C)Cn1ccnc1CNC(=O)[C@H]1CCCO[C@H]1C. The quantitative estimate of drug-likeness (QED) is 0.896. The number of carbonyl (C=O) groups excluding carboxylic acids is 1. The van der Waals surface area contributed by atoms with Gasteiger partial charge in [-0.2, -0.15) is 0 Å². The third kappa shape index (κ3) is 3.82. The average Bonchev–Trinajstić information content (AvgIpc) is 2.83. The van der Waals surface area contributed by atoms with Crippen LogP contribution in [0, 0.1) is 11.8 Å². The van der Waals surface area contributed by atoms with Gasteiger partial charge in [-0.3, -0.25) is 4.79 Å². The zero-order chi connectivity index (χ0) is 14.5. The second-order valence-corrected chi connectivity index (χ2v) is 5.93. The molecule has 0 saturated carbocycles. The molecule has 5 heteroatoms. The molecule has 0 unspecified atom stereocenters. The molecule has 1 saturated heterocycles. The van der Waals surface area contributed by atoms with Crippen LogP contribution in [0.25, 0.3) is 0 Å². The number of carbonyl (C=O) groups is 1. The summed E-state index contributed by atoms with van der Waals surface area (Å²) < 4.78 is 7.65. The van der Waals surface area contributed by atoms with E-state index in [4.69, 9.17) is 4.74 Å². The number of rotatable bonds is 5. The first-order valence-electron chi connectivity index (χ1n) is 7.47. The Morgan fingerprint density at radius 2 is 2.40 bits per heavy atom. The van der Waals surface area contributed by atoms with Crippen LogP contribution in [0.2, 0.25) is 0 Å². The van der Waals surface area contributed by atoms with Gasteiger partial charge in [-0.05, 0) is 25.7 Å². The minimum atomic E-state index is -0.0303. The summed E-state index contributed by atoms with van der Waals surface area (Å²) >= 11 is 0. The van der Waals surface area contributed by atoms with E-state index < -0.39 is 0 Å². The second-order valence-electron chi connectivity index (χ2n) is 5.93. The Morgan fingerprint density at radius 3 is 3.10 bits per heavy atom. The molecule has 0 radical (unpaired) electrons. The lowest BCUT2D eigenvalue weighted by Crippen LogP contribution is -2.40. The van der Waals surface area contributed by atoms with Crippen LogP contribution < -0.4 is 5.32 Å². The van der Waals surface area contributed by atoms with E-state index in [1.54, 1.807) is 6.20 Å². The summed E-state index contributed by atoms with van der Waals surface area (Å²) in [6, 6.07) is 0. The number of hydrogen-bond donors (Lipinski definition) is 1. The number of hydrogen-bond acceptors (Lipinski definition) is 3. The number of nitrogens with one attached hydrogen (secondary N) is 1. The van der Waals surface area contributed by atoms with Gasteiger partial charge in [0, 0.05) is 25.5 Å². The van der Waals surface area contributed by atoms with Gasteiger partial charge in [0.15, 0.2) is 0 Å². The molecule has 0 aromatic carbocycles. The predicted octanol–water partition coefficient (Wildman–Crippen LogP) is 1.97.